The van der Waals surface area contributed by atoms with Gasteiger partial charge in [0.1, 0.15) is 5.82 Å². The molecule has 0 aliphatic rings. The molecule has 4 nitrogen and oxygen atoms in total. The Kier molecular flexibility index (Phi) is 1.99. The number of aryl methyl sites for hydroxylation is 2. The number of rotatable bonds is 1. The summed E-state index contributed by atoms with van der Waals surface area (Å²) in [6.07, 6.45) is 0. The molecule has 0 aliphatic carbocycles. The monoisotopic (exact) mass is 192 g/mol. The third-order valence-corrected chi connectivity index (χ3v) is 2.17. The number of aromatic amines is 1. The minimum absolute atomic E-state index is 0.283. The molecule has 0 saturated heterocycles. The molecular formula is C9H9FN4. The van der Waals surface area contributed by atoms with E-state index in [0.717, 1.165) is 11.1 Å². The first kappa shape index (κ1) is 8.80. The minimum atomic E-state index is -0.325. The Morgan fingerprint density at radius 3 is 2.57 bits per heavy atom. The Morgan fingerprint density at radius 2 is 1.93 bits per heavy atom. The van der Waals surface area contributed by atoms with Gasteiger partial charge in [0, 0.05) is 0 Å². The Hall–Kier alpha value is -1.78. The fraction of sp³-hybridized carbons (Fsp3) is 0.222. The molecule has 0 unspecified atom stereocenters. The number of aromatic nitrogens is 4. The van der Waals surface area contributed by atoms with E-state index in [9.17, 15) is 4.39 Å². The Bertz CT molecular complexity index is 450. The van der Waals surface area contributed by atoms with E-state index in [1.165, 1.54) is 6.07 Å². The maximum Gasteiger partial charge on any atom is 0.207 e. The van der Waals surface area contributed by atoms with Crippen LogP contribution in [0.15, 0.2) is 12.1 Å². The van der Waals surface area contributed by atoms with Gasteiger partial charge in [0.05, 0.1) is 5.56 Å². The van der Waals surface area contributed by atoms with Crippen molar-refractivity contribution in [3.05, 3.63) is 29.1 Å². The van der Waals surface area contributed by atoms with E-state index in [1.807, 2.05) is 13.8 Å². The van der Waals surface area contributed by atoms with Crippen LogP contribution in [0.25, 0.3) is 11.4 Å². The number of hydrogen-bond donors (Lipinski definition) is 1. The van der Waals surface area contributed by atoms with Crippen LogP contribution in [0.2, 0.25) is 0 Å². The lowest BCUT2D eigenvalue weighted by Crippen LogP contribution is -1.91. The molecule has 0 radical (unpaired) electrons. The van der Waals surface area contributed by atoms with Crippen LogP contribution in [-0.4, -0.2) is 20.6 Å². The number of nitrogens with one attached hydrogen (secondary N) is 1. The summed E-state index contributed by atoms with van der Waals surface area (Å²) in [5, 5.41) is 13.1. The zero-order chi connectivity index (χ0) is 10.1. The second kappa shape index (κ2) is 3.17. The summed E-state index contributed by atoms with van der Waals surface area (Å²) in [5.74, 6) is -0.0416. The van der Waals surface area contributed by atoms with E-state index in [-0.39, 0.29) is 11.6 Å². The smallest absolute Gasteiger partial charge is 0.206 e. The standard InChI is InChI=1S/C9H9FN4/c1-5-3-7(8(10)4-6(5)2)9-11-13-14-12-9/h3-4H,1-2H3,(H,11,12,13,14). The summed E-state index contributed by atoms with van der Waals surface area (Å²) in [4.78, 5) is 0. The predicted octanol–water partition coefficient (Wildman–Crippen LogP) is 1.62. The summed E-state index contributed by atoms with van der Waals surface area (Å²) >= 11 is 0. The van der Waals surface area contributed by atoms with Gasteiger partial charge in [0.2, 0.25) is 5.82 Å². The largest absolute Gasteiger partial charge is 0.207 e. The molecule has 14 heavy (non-hydrogen) atoms. The van der Waals surface area contributed by atoms with Gasteiger partial charge in [-0.1, -0.05) is 0 Å². The second-order valence-electron chi connectivity index (χ2n) is 3.15. The van der Waals surface area contributed by atoms with Crippen LogP contribution < -0.4 is 0 Å². The van der Waals surface area contributed by atoms with E-state index in [4.69, 9.17) is 0 Å². The van der Waals surface area contributed by atoms with E-state index in [2.05, 4.69) is 20.6 Å². The first-order valence-electron chi connectivity index (χ1n) is 4.19. The molecule has 0 atom stereocenters. The lowest BCUT2D eigenvalue weighted by atomic mass is 10.1. The molecule has 1 N–H and O–H groups in total. The summed E-state index contributed by atoms with van der Waals surface area (Å²) in [6, 6.07) is 3.19. The third kappa shape index (κ3) is 1.37. The molecule has 72 valence electrons. The first-order valence-corrected chi connectivity index (χ1v) is 4.19. The molecule has 2 aromatic rings. The van der Waals surface area contributed by atoms with Crippen molar-refractivity contribution < 1.29 is 4.39 Å². The zero-order valence-electron chi connectivity index (χ0n) is 7.87. The van der Waals surface area contributed by atoms with Gasteiger partial charge in [-0.15, -0.1) is 10.2 Å². The molecular weight excluding hydrogens is 183 g/mol. The quantitative estimate of drug-likeness (QED) is 0.747. The van der Waals surface area contributed by atoms with E-state index in [1.54, 1.807) is 6.07 Å². The van der Waals surface area contributed by atoms with Gasteiger partial charge in [0.25, 0.3) is 0 Å². The maximum atomic E-state index is 13.5. The van der Waals surface area contributed by atoms with E-state index >= 15 is 0 Å². The number of tetrazole rings is 1. The van der Waals surface area contributed by atoms with Crippen molar-refractivity contribution in [1.29, 1.82) is 0 Å². The Balaban J connectivity index is 2.60. The molecule has 0 amide bonds. The molecule has 0 bridgehead atoms. The summed E-state index contributed by atoms with van der Waals surface area (Å²) in [7, 11) is 0. The number of H-pyrrole nitrogens is 1. The van der Waals surface area contributed by atoms with Crippen LogP contribution in [0.4, 0.5) is 4.39 Å². The average molecular weight is 192 g/mol. The van der Waals surface area contributed by atoms with Gasteiger partial charge in [-0.3, -0.25) is 0 Å². The SMILES string of the molecule is Cc1cc(F)c(-c2nn[nH]n2)cc1C. The van der Waals surface area contributed by atoms with Crippen molar-refractivity contribution >= 4 is 0 Å². The minimum Gasteiger partial charge on any atom is -0.206 e. The van der Waals surface area contributed by atoms with Crippen LogP contribution in [-0.2, 0) is 0 Å². The zero-order valence-corrected chi connectivity index (χ0v) is 7.87. The number of benzene rings is 1. The number of nitrogens with zero attached hydrogens (tertiary/aromatic N) is 3. The van der Waals surface area contributed by atoms with Crippen molar-refractivity contribution in [2.45, 2.75) is 13.8 Å². The van der Waals surface area contributed by atoms with Crippen LogP contribution in [0, 0.1) is 19.7 Å². The molecule has 5 heteroatoms. The molecule has 0 spiro atoms. The first-order chi connectivity index (χ1) is 6.68. The fourth-order valence-electron chi connectivity index (χ4n) is 1.23. The average Bonchev–Trinajstić information content (AvgIpc) is 2.64. The third-order valence-electron chi connectivity index (χ3n) is 2.17. The van der Waals surface area contributed by atoms with Crippen molar-refractivity contribution in [2.75, 3.05) is 0 Å². The van der Waals surface area contributed by atoms with Gasteiger partial charge >= 0.3 is 0 Å². The molecule has 0 saturated carbocycles. The molecule has 1 heterocycles. The lowest BCUT2D eigenvalue weighted by Gasteiger charge is -2.03. The van der Waals surface area contributed by atoms with Crippen LogP contribution in [0.5, 0.6) is 0 Å². The van der Waals surface area contributed by atoms with Crippen LogP contribution in [0.1, 0.15) is 11.1 Å². The maximum absolute atomic E-state index is 13.5. The molecule has 0 aliphatic heterocycles. The van der Waals surface area contributed by atoms with Crippen LogP contribution >= 0.6 is 0 Å². The highest BCUT2D eigenvalue weighted by Gasteiger charge is 2.10. The topological polar surface area (TPSA) is 54.5 Å². The van der Waals surface area contributed by atoms with Crippen molar-refractivity contribution in [2.24, 2.45) is 0 Å². The van der Waals surface area contributed by atoms with Crippen molar-refractivity contribution in [3.63, 3.8) is 0 Å². The normalized spacial score (nSPS) is 10.5. The summed E-state index contributed by atoms with van der Waals surface area (Å²) in [5.41, 5.74) is 2.29. The van der Waals surface area contributed by atoms with Gasteiger partial charge in [-0.25, -0.2) is 4.39 Å². The molecule has 0 fully saturated rings. The van der Waals surface area contributed by atoms with Crippen molar-refractivity contribution in [3.8, 4) is 11.4 Å². The van der Waals surface area contributed by atoms with Gasteiger partial charge in [0.15, 0.2) is 0 Å². The number of halogens is 1. The Morgan fingerprint density at radius 1 is 1.21 bits per heavy atom. The predicted molar refractivity (Wildman–Crippen MR) is 49.0 cm³/mol. The van der Waals surface area contributed by atoms with Gasteiger partial charge < -0.3 is 0 Å². The summed E-state index contributed by atoms with van der Waals surface area (Å²) in [6.45, 7) is 3.77. The highest BCUT2D eigenvalue weighted by atomic mass is 19.1. The fourth-order valence-corrected chi connectivity index (χ4v) is 1.23. The van der Waals surface area contributed by atoms with E-state index in [0.29, 0.717) is 5.56 Å². The molecule has 2 rings (SSSR count). The Labute approximate surface area is 80.2 Å². The second-order valence-corrected chi connectivity index (χ2v) is 3.15. The number of hydrogen-bond acceptors (Lipinski definition) is 3. The lowest BCUT2D eigenvalue weighted by molar-refractivity contribution is 0.628. The molecule has 1 aromatic carbocycles. The van der Waals surface area contributed by atoms with E-state index < -0.39 is 0 Å². The van der Waals surface area contributed by atoms with Gasteiger partial charge in [-0.2, -0.15) is 5.21 Å². The van der Waals surface area contributed by atoms with Crippen LogP contribution in [0.3, 0.4) is 0 Å². The van der Waals surface area contributed by atoms with Crippen molar-refractivity contribution in [1.82, 2.24) is 20.6 Å². The molecule has 1 aromatic heterocycles. The van der Waals surface area contributed by atoms with Gasteiger partial charge in [-0.05, 0) is 42.3 Å². The summed E-state index contributed by atoms with van der Waals surface area (Å²) < 4.78 is 13.5. The highest BCUT2D eigenvalue weighted by Crippen LogP contribution is 2.21. The highest BCUT2D eigenvalue weighted by molar-refractivity contribution is 5.57.